The lowest BCUT2D eigenvalue weighted by atomic mass is 9.77. The normalized spacial score (nSPS) is 22.1. The smallest absolute Gasteiger partial charge is 0.119 e. The minimum atomic E-state index is 0.00477. The number of hydrogen-bond donors (Lipinski definition) is 1. The van der Waals surface area contributed by atoms with Crippen molar-refractivity contribution in [1.29, 1.82) is 0 Å². The van der Waals surface area contributed by atoms with Crippen molar-refractivity contribution in [2.45, 2.75) is 38.5 Å². The summed E-state index contributed by atoms with van der Waals surface area (Å²) in [5, 5.41) is 10.3. The van der Waals surface area contributed by atoms with Crippen molar-refractivity contribution in [2.75, 3.05) is 33.4 Å². The molecule has 1 saturated heterocycles. The molecule has 6 rings (SSSR count). The maximum Gasteiger partial charge on any atom is 0.119 e. The van der Waals surface area contributed by atoms with Gasteiger partial charge in [0.2, 0.25) is 0 Å². The fraction of sp³-hybridized carbons (Fsp3) is 0.375. The first kappa shape index (κ1) is 23.2. The molecule has 0 amide bonds. The van der Waals surface area contributed by atoms with Crippen molar-refractivity contribution in [3.05, 3.63) is 88.5 Å². The van der Waals surface area contributed by atoms with Crippen LogP contribution in [0.5, 0.6) is 17.2 Å². The van der Waals surface area contributed by atoms with E-state index in [2.05, 4.69) is 47.4 Å². The summed E-state index contributed by atoms with van der Waals surface area (Å²) in [6.45, 7) is 4.16. The highest BCUT2D eigenvalue weighted by Gasteiger charge is 2.46. The van der Waals surface area contributed by atoms with Gasteiger partial charge >= 0.3 is 0 Å². The quantitative estimate of drug-likeness (QED) is 0.459. The van der Waals surface area contributed by atoms with Crippen LogP contribution in [0.15, 0.2) is 60.7 Å². The fourth-order valence-electron chi connectivity index (χ4n) is 6.42. The molecule has 1 aliphatic heterocycles. The second-order valence-corrected chi connectivity index (χ2v) is 10.7. The number of phenolic OH excluding ortho intramolecular Hbond substituents is 1. The number of rotatable bonds is 6. The van der Waals surface area contributed by atoms with E-state index in [0.29, 0.717) is 5.75 Å². The van der Waals surface area contributed by atoms with Crippen LogP contribution in [0.4, 0.5) is 0 Å². The molecule has 0 saturated carbocycles. The monoisotopic (exact) mass is 481 g/mol. The Morgan fingerprint density at radius 2 is 1.56 bits per heavy atom. The van der Waals surface area contributed by atoms with Crippen LogP contribution < -0.4 is 9.47 Å². The predicted molar refractivity (Wildman–Crippen MR) is 145 cm³/mol. The van der Waals surface area contributed by atoms with Gasteiger partial charge < -0.3 is 14.6 Å². The van der Waals surface area contributed by atoms with Crippen LogP contribution >= 0.6 is 0 Å². The highest BCUT2D eigenvalue weighted by molar-refractivity contribution is 5.90. The van der Waals surface area contributed by atoms with Crippen LogP contribution in [-0.4, -0.2) is 43.4 Å². The molecule has 2 aliphatic carbocycles. The van der Waals surface area contributed by atoms with Crippen LogP contribution in [0.3, 0.4) is 0 Å². The molecule has 0 aromatic heterocycles. The van der Waals surface area contributed by atoms with E-state index >= 15 is 0 Å². The standard InChI is InChI=1S/C32H35NO3/c1-35-28-10-5-23(6-11-28)17-31-30-19-27(34)9-7-25(30)21-32(31)20-24-8-12-29(18-26(24)22-32)36-16-15-33-13-3-2-4-14-33/h5-12,17-19,34H,2-4,13-16,20-22H2,1H3. The van der Waals surface area contributed by atoms with Crippen LogP contribution in [0.25, 0.3) is 11.6 Å². The molecule has 1 spiro atoms. The van der Waals surface area contributed by atoms with Crippen LogP contribution in [0, 0.1) is 5.41 Å². The number of fused-ring (bicyclic) bond motifs is 2. The number of ether oxygens (including phenoxy) is 2. The zero-order chi connectivity index (χ0) is 24.5. The molecule has 4 heteroatoms. The van der Waals surface area contributed by atoms with Gasteiger partial charge in [-0.2, -0.15) is 0 Å². The van der Waals surface area contributed by atoms with E-state index in [-0.39, 0.29) is 5.41 Å². The first-order valence-electron chi connectivity index (χ1n) is 13.3. The summed E-state index contributed by atoms with van der Waals surface area (Å²) in [7, 11) is 1.69. The maximum absolute atomic E-state index is 10.3. The van der Waals surface area contributed by atoms with Gasteiger partial charge in [-0.25, -0.2) is 0 Å². The average molecular weight is 482 g/mol. The highest BCUT2D eigenvalue weighted by atomic mass is 16.5. The molecular formula is C32H35NO3. The summed E-state index contributed by atoms with van der Waals surface area (Å²) in [6, 6.07) is 20.8. The first-order valence-corrected chi connectivity index (χ1v) is 13.3. The zero-order valence-electron chi connectivity index (χ0n) is 21.1. The topological polar surface area (TPSA) is 41.9 Å². The van der Waals surface area contributed by atoms with Gasteiger partial charge in [-0.3, -0.25) is 4.90 Å². The SMILES string of the molecule is COc1ccc(C=C2c3cc(O)ccc3CC23Cc2ccc(OCCN4CCCCC4)cc2C3)cc1. The molecule has 4 nitrogen and oxygen atoms in total. The zero-order valence-corrected chi connectivity index (χ0v) is 21.1. The average Bonchev–Trinajstić information content (AvgIpc) is 3.41. The Balaban J connectivity index is 1.25. The lowest BCUT2D eigenvalue weighted by Crippen LogP contribution is -2.33. The molecule has 1 N–H and O–H groups in total. The number of aromatic hydroxyl groups is 1. The molecule has 1 heterocycles. The molecule has 36 heavy (non-hydrogen) atoms. The van der Waals surface area contributed by atoms with Crippen molar-refractivity contribution < 1.29 is 14.6 Å². The summed E-state index contributed by atoms with van der Waals surface area (Å²) in [4.78, 5) is 2.52. The highest BCUT2D eigenvalue weighted by Crippen LogP contribution is 2.55. The van der Waals surface area contributed by atoms with E-state index in [0.717, 1.165) is 49.5 Å². The first-order chi connectivity index (χ1) is 17.6. The minimum absolute atomic E-state index is 0.00477. The summed E-state index contributed by atoms with van der Waals surface area (Å²) in [5.74, 6) is 2.17. The fourth-order valence-corrected chi connectivity index (χ4v) is 6.42. The maximum atomic E-state index is 10.3. The van der Waals surface area contributed by atoms with Gasteiger partial charge in [0.1, 0.15) is 23.9 Å². The number of allylic oxidation sites excluding steroid dienone is 1. The van der Waals surface area contributed by atoms with Gasteiger partial charge in [-0.15, -0.1) is 0 Å². The molecule has 3 aromatic carbocycles. The Bertz CT molecular complexity index is 1270. The summed E-state index contributed by atoms with van der Waals surface area (Å²) in [5.41, 5.74) is 7.78. The third-order valence-electron chi connectivity index (χ3n) is 8.27. The number of benzene rings is 3. The molecule has 1 unspecified atom stereocenters. The Kier molecular flexibility index (Phi) is 6.22. The Morgan fingerprint density at radius 3 is 2.36 bits per heavy atom. The number of phenols is 1. The number of nitrogens with zero attached hydrogens (tertiary/aromatic N) is 1. The van der Waals surface area contributed by atoms with Crippen molar-refractivity contribution >= 4 is 11.6 Å². The van der Waals surface area contributed by atoms with Gasteiger partial charge in [0.15, 0.2) is 0 Å². The molecule has 0 radical (unpaired) electrons. The second-order valence-electron chi connectivity index (χ2n) is 10.7. The third kappa shape index (κ3) is 4.51. The van der Waals surface area contributed by atoms with Gasteiger partial charge in [-0.1, -0.05) is 36.8 Å². The van der Waals surface area contributed by atoms with E-state index in [1.807, 2.05) is 24.3 Å². The predicted octanol–water partition coefficient (Wildman–Crippen LogP) is 6.15. The lowest BCUT2D eigenvalue weighted by Gasteiger charge is -2.26. The Labute approximate surface area is 214 Å². The van der Waals surface area contributed by atoms with Gasteiger partial charge in [0, 0.05) is 12.0 Å². The van der Waals surface area contributed by atoms with E-state index < -0.39 is 0 Å². The molecule has 3 aromatic rings. The van der Waals surface area contributed by atoms with Crippen LogP contribution in [0.1, 0.15) is 47.1 Å². The molecule has 1 fully saturated rings. The number of methoxy groups -OCH3 is 1. The second kappa shape index (κ2) is 9.67. The van der Waals surface area contributed by atoms with E-state index in [9.17, 15) is 5.11 Å². The van der Waals surface area contributed by atoms with Crippen molar-refractivity contribution in [3.63, 3.8) is 0 Å². The van der Waals surface area contributed by atoms with Crippen LogP contribution in [0.2, 0.25) is 0 Å². The minimum Gasteiger partial charge on any atom is -0.508 e. The van der Waals surface area contributed by atoms with Crippen molar-refractivity contribution in [3.8, 4) is 17.2 Å². The van der Waals surface area contributed by atoms with E-state index in [4.69, 9.17) is 9.47 Å². The summed E-state index contributed by atoms with van der Waals surface area (Å²) in [6.07, 6.45) is 9.29. The number of hydrogen-bond acceptors (Lipinski definition) is 4. The number of likely N-dealkylation sites (tertiary alicyclic amines) is 1. The molecule has 3 aliphatic rings. The largest absolute Gasteiger partial charge is 0.508 e. The van der Waals surface area contributed by atoms with E-state index in [1.165, 1.54) is 60.2 Å². The van der Waals surface area contributed by atoms with Gasteiger partial charge in [-0.05, 0) is 115 Å². The molecule has 1 atom stereocenters. The van der Waals surface area contributed by atoms with Gasteiger partial charge in [0.25, 0.3) is 0 Å². The lowest BCUT2D eigenvalue weighted by molar-refractivity contribution is 0.183. The number of piperidine rings is 1. The Morgan fingerprint density at radius 1 is 0.833 bits per heavy atom. The molecular weight excluding hydrogens is 446 g/mol. The van der Waals surface area contributed by atoms with Crippen molar-refractivity contribution in [1.82, 2.24) is 4.90 Å². The summed E-state index contributed by atoms with van der Waals surface area (Å²) < 4.78 is 11.6. The van der Waals surface area contributed by atoms with Gasteiger partial charge in [0.05, 0.1) is 7.11 Å². The van der Waals surface area contributed by atoms with E-state index in [1.54, 1.807) is 7.11 Å². The Hall–Kier alpha value is -3.24. The van der Waals surface area contributed by atoms with Crippen molar-refractivity contribution in [2.24, 2.45) is 5.41 Å². The van der Waals surface area contributed by atoms with Crippen LogP contribution in [-0.2, 0) is 19.3 Å². The third-order valence-corrected chi connectivity index (χ3v) is 8.27. The molecule has 0 bridgehead atoms. The molecule has 186 valence electrons. The summed E-state index contributed by atoms with van der Waals surface area (Å²) >= 11 is 0.